The summed E-state index contributed by atoms with van der Waals surface area (Å²) in [5.74, 6) is -0.142. The van der Waals surface area contributed by atoms with Gasteiger partial charge >= 0.3 is 6.29 Å². The van der Waals surface area contributed by atoms with E-state index in [1.54, 1.807) is 18.3 Å². The van der Waals surface area contributed by atoms with Gasteiger partial charge in [-0.05, 0) is 43.2 Å². The summed E-state index contributed by atoms with van der Waals surface area (Å²) in [6.45, 7) is 8.30. The molecule has 0 unspecified atom stereocenters. The number of nitrogens with zero attached hydrogens (tertiary/aromatic N) is 1. The second-order valence-electron chi connectivity index (χ2n) is 6.21. The van der Waals surface area contributed by atoms with Crippen molar-refractivity contribution in [1.82, 2.24) is 10.3 Å². The van der Waals surface area contributed by atoms with E-state index in [0.29, 0.717) is 25.0 Å². The lowest BCUT2D eigenvalue weighted by Crippen LogP contribution is -2.25. The molecule has 0 radical (unpaired) electrons. The molecular weight excluding hydrogens is 417 g/mol. The van der Waals surface area contributed by atoms with Gasteiger partial charge < -0.3 is 14.8 Å². The molecule has 0 amide bonds. The van der Waals surface area contributed by atoms with Crippen LogP contribution in [0.2, 0.25) is 5.02 Å². The van der Waals surface area contributed by atoms with E-state index in [4.69, 9.17) is 11.6 Å². The van der Waals surface area contributed by atoms with E-state index in [9.17, 15) is 13.2 Å². The second-order valence-corrected chi connectivity index (χ2v) is 6.62. The molecule has 1 aliphatic rings. The van der Waals surface area contributed by atoms with Crippen LogP contribution < -0.4 is 14.8 Å². The number of nitrogens with one attached hydrogen (secondary N) is 1. The van der Waals surface area contributed by atoms with Gasteiger partial charge in [0.25, 0.3) is 0 Å². The van der Waals surface area contributed by atoms with Gasteiger partial charge in [0.2, 0.25) is 0 Å². The molecule has 1 aromatic heterocycles. The molecule has 3 rings (SSSR count). The van der Waals surface area contributed by atoms with Crippen molar-refractivity contribution < 1.29 is 22.6 Å². The van der Waals surface area contributed by atoms with E-state index in [2.05, 4.69) is 26.4 Å². The van der Waals surface area contributed by atoms with E-state index >= 15 is 0 Å². The molecule has 2 heterocycles. The molecule has 160 valence electrons. The fourth-order valence-electron chi connectivity index (χ4n) is 2.60. The number of halogens is 4. The Balaban J connectivity index is 0.00000155. The van der Waals surface area contributed by atoms with Crippen LogP contribution in [0.4, 0.5) is 13.2 Å². The number of alkyl halides is 3. The van der Waals surface area contributed by atoms with Gasteiger partial charge in [-0.2, -0.15) is 0 Å². The predicted octanol–water partition coefficient (Wildman–Crippen LogP) is 6.21. The standard InChI is InChI=1S/C21H19ClF2N2O2.CH3F/c1-4-16(8-6-14(3)26-12-15-7-5-13(2)25-11-15)17-9-19-20(10-18(17)22)28-21(23,24)27-19;1-2/h4-11,26H,3,12H2,1-2H3;1H3/b8-6-,16-4+;. The Morgan fingerprint density at radius 3 is 2.47 bits per heavy atom. The Labute approximate surface area is 178 Å². The predicted molar refractivity (Wildman–Crippen MR) is 112 cm³/mol. The van der Waals surface area contributed by atoms with Crippen molar-refractivity contribution in [1.29, 1.82) is 0 Å². The maximum Gasteiger partial charge on any atom is 0.586 e. The normalized spacial score (nSPS) is 14.3. The lowest BCUT2D eigenvalue weighted by atomic mass is 10.0. The minimum absolute atomic E-state index is 0.0547. The minimum Gasteiger partial charge on any atom is -0.395 e. The molecule has 1 aromatic carbocycles. The molecule has 30 heavy (non-hydrogen) atoms. The number of benzene rings is 1. The Hall–Kier alpha value is -2.93. The molecule has 0 saturated heterocycles. The van der Waals surface area contributed by atoms with Crippen molar-refractivity contribution in [2.24, 2.45) is 0 Å². The minimum atomic E-state index is -3.68. The van der Waals surface area contributed by atoms with E-state index in [1.807, 2.05) is 32.1 Å². The molecule has 0 fully saturated rings. The number of ether oxygens (including phenoxy) is 2. The molecule has 4 nitrogen and oxygen atoms in total. The Morgan fingerprint density at radius 1 is 1.20 bits per heavy atom. The first-order chi connectivity index (χ1) is 14.3. The lowest BCUT2D eigenvalue weighted by Gasteiger charge is -2.09. The van der Waals surface area contributed by atoms with E-state index in [1.165, 1.54) is 12.1 Å². The molecular formula is C22H22ClF3N2O2. The van der Waals surface area contributed by atoms with E-state index < -0.39 is 6.29 Å². The van der Waals surface area contributed by atoms with Gasteiger partial charge in [-0.3, -0.25) is 9.37 Å². The molecule has 2 aromatic rings. The van der Waals surface area contributed by atoms with E-state index in [0.717, 1.165) is 16.8 Å². The number of hydrogen-bond acceptors (Lipinski definition) is 4. The van der Waals surface area contributed by atoms with Crippen LogP contribution in [0.25, 0.3) is 5.57 Å². The van der Waals surface area contributed by atoms with Crippen molar-refractivity contribution in [3.63, 3.8) is 0 Å². The van der Waals surface area contributed by atoms with Gasteiger partial charge in [0, 0.05) is 35.8 Å². The van der Waals surface area contributed by atoms with Crippen LogP contribution >= 0.6 is 11.6 Å². The number of pyridine rings is 1. The summed E-state index contributed by atoms with van der Waals surface area (Å²) in [5, 5.41) is 3.47. The Morgan fingerprint density at radius 2 is 1.87 bits per heavy atom. The average molecular weight is 439 g/mol. The number of rotatable bonds is 6. The first kappa shape index (κ1) is 23.3. The summed E-state index contributed by atoms with van der Waals surface area (Å²) < 4.78 is 44.9. The number of allylic oxidation sites excluding steroid dienone is 4. The van der Waals surface area contributed by atoms with Crippen LogP contribution in [0.3, 0.4) is 0 Å². The topological polar surface area (TPSA) is 43.4 Å². The third-order valence-electron chi connectivity index (χ3n) is 4.07. The monoisotopic (exact) mass is 438 g/mol. The first-order valence-corrected chi connectivity index (χ1v) is 9.31. The number of hydrogen-bond donors (Lipinski definition) is 1. The zero-order chi connectivity index (χ0) is 22.3. The number of aryl methyl sites for hydroxylation is 1. The van der Waals surface area contributed by atoms with Crippen molar-refractivity contribution in [2.45, 2.75) is 26.7 Å². The summed E-state index contributed by atoms with van der Waals surface area (Å²) in [4.78, 5) is 4.25. The van der Waals surface area contributed by atoms with Crippen LogP contribution in [0.1, 0.15) is 23.7 Å². The zero-order valence-electron chi connectivity index (χ0n) is 16.8. The summed E-state index contributed by atoms with van der Waals surface area (Å²) in [7, 11) is 0.500. The highest BCUT2D eigenvalue weighted by Gasteiger charge is 2.43. The van der Waals surface area contributed by atoms with E-state index in [-0.39, 0.29) is 16.5 Å². The van der Waals surface area contributed by atoms with Gasteiger partial charge in [0.1, 0.15) is 0 Å². The van der Waals surface area contributed by atoms with Gasteiger partial charge in [0.15, 0.2) is 11.5 Å². The van der Waals surface area contributed by atoms with Crippen LogP contribution in [0.15, 0.2) is 61.0 Å². The second kappa shape index (κ2) is 10.2. The molecule has 0 atom stereocenters. The SMILES string of the molecule is C=C(/C=C\C(=C/C)c1cc2c(cc1Cl)OC(F)(F)O2)NCc1ccc(C)nc1.CF. The zero-order valence-corrected chi connectivity index (χ0v) is 17.6. The molecule has 0 spiro atoms. The molecule has 1 aliphatic heterocycles. The lowest BCUT2D eigenvalue weighted by molar-refractivity contribution is -0.286. The van der Waals surface area contributed by atoms with Gasteiger partial charge in [-0.15, -0.1) is 8.78 Å². The Kier molecular flexibility index (Phi) is 7.94. The Bertz CT molecular complexity index is 958. The first-order valence-electron chi connectivity index (χ1n) is 8.93. The highest BCUT2D eigenvalue weighted by Crippen LogP contribution is 2.45. The van der Waals surface area contributed by atoms with Crippen LogP contribution in [-0.2, 0) is 6.54 Å². The van der Waals surface area contributed by atoms with Crippen molar-refractivity contribution in [3.05, 3.63) is 82.8 Å². The molecule has 8 heteroatoms. The van der Waals surface area contributed by atoms with Gasteiger partial charge in [0.05, 0.1) is 12.2 Å². The quantitative estimate of drug-likeness (QED) is 0.544. The van der Waals surface area contributed by atoms with Gasteiger partial charge in [-0.1, -0.05) is 36.4 Å². The third kappa shape index (κ3) is 6.03. The maximum absolute atomic E-state index is 13.2. The van der Waals surface area contributed by atoms with Gasteiger partial charge in [-0.25, -0.2) is 0 Å². The maximum atomic E-state index is 13.2. The molecule has 1 N–H and O–H groups in total. The summed E-state index contributed by atoms with van der Waals surface area (Å²) in [6, 6.07) is 6.69. The molecule has 0 bridgehead atoms. The third-order valence-corrected chi connectivity index (χ3v) is 4.38. The summed E-state index contributed by atoms with van der Waals surface area (Å²) in [5.41, 5.74) is 3.95. The van der Waals surface area contributed by atoms with Crippen molar-refractivity contribution in [2.75, 3.05) is 7.18 Å². The highest BCUT2D eigenvalue weighted by atomic mass is 35.5. The largest absolute Gasteiger partial charge is 0.586 e. The van der Waals surface area contributed by atoms with Crippen molar-refractivity contribution in [3.8, 4) is 11.5 Å². The average Bonchev–Trinajstić information content (AvgIpc) is 3.02. The van der Waals surface area contributed by atoms with Crippen LogP contribution in [0.5, 0.6) is 11.5 Å². The smallest absolute Gasteiger partial charge is 0.395 e. The molecule has 0 saturated carbocycles. The summed E-state index contributed by atoms with van der Waals surface area (Å²) >= 11 is 6.24. The fourth-order valence-corrected chi connectivity index (χ4v) is 2.86. The highest BCUT2D eigenvalue weighted by molar-refractivity contribution is 6.32. The molecule has 0 aliphatic carbocycles. The fraction of sp³-hybridized carbons (Fsp3) is 0.227. The summed E-state index contributed by atoms with van der Waals surface area (Å²) in [6.07, 6.45) is 3.52. The van der Waals surface area contributed by atoms with Crippen molar-refractivity contribution >= 4 is 17.2 Å². The van der Waals surface area contributed by atoms with Crippen LogP contribution in [-0.4, -0.2) is 18.5 Å². The van der Waals surface area contributed by atoms with Crippen LogP contribution in [0, 0.1) is 6.92 Å². The number of aromatic nitrogens is 1. The number of fused-ring (bicyclic) bond motifs is 1.